The molecule has 0 amide bonds. The first-order valence-corrected chi connectivity index (χ1v) is 4.95. The van der Waals surface area contributed by atoms with Crippen LogP contribution in [0, 0.1) is 23.7 Å². The van der Waals surface area contributed by atoms with E-state index in [-0.39, 0.29) is 0 Å². The maximum atomic E-state index is 9.12. The molecule has 1 heteroatoms. The van der Waals surface area contributed by atoms with Gasteiger partial charge in [-0.3, -0.25) is 0 Å². The second-order valence-corrected chi connectivity index (χ2v) is 3.56. The van der Waals surface area contributed by atoms with Crippen LogP contribution in [0.3, 0.4) is 0 Å². The lowest BCUT2D eigenvalue weighted by Crippen LogP contribution is -2.17. The van der Waals surface area contributed by atoms with Crippen molar-refractivity contribution in [3.05, 3.63) is 0 Å². The fraction of sp³-hybridized carbons (Fsp3) is 0.818. The summed E-state index contributed by atoms with van der Waals surface area (Å²) in [6.45, 7) is 2.49. The molecule has 1 N–H and O–H groups in total. The van der Waals surface area contributed by atoms with Crippen molar-refractivity contribution < 1.29 is 5.11 Å². The number of hydrogen-bond donors (Lipinski definition) is 1. The quantitative estimate of drug-likeness (QED) is 0.637. The molecule has 0 fully saturated rings. The van der Waals surface area contributed by atoms with E-state index >= 15 is 0 Å². The summed E-state index contributed by atoms with van der Waals surface area (Å²) in [7, 11) is 0. The van der Waals surface area contributed by atoms with Gasteiger partial charge in [-0.25, -0.2) is 0 Å². The van der Waals surface area contributed by atoms with E-state index in [0.29, 0.717) is 18.4 Å². The molecule has 0 aromatic rings. The second kappa shape index (κ2) is 5.22. The van der Waals surface area contributed by atoms with E-state index < -0.39 is 0 Å². The fourth-order valence-electron chi connectivity index (χ4n) is 1.86. The van der Waals surface area contributed by atoms with E-state index in [0.717, 1.165) is 19.3 Å². The number of hydrogen-bond acceptors (Lipinski definition) is 1. The molecule has 1 rings (SSSR count). The van der Waals surface area contributed by atoms with Gasteiger partial charge in [0.15, 0.2) is 0 Å². The van der Waals surface area contributed by atoms with Crippen LogP contribution in [0.15, 0.2) is 0 Å². The van der Waals surface area contributed by atoms with Crippen LogP contribution in [0.5, 0.6) is 0 Å². The smallest absolute Gasteiger partial charge is 0.0462 e. The Morgan fingerprint density at radius 3 is 3.00 bits per heavy atom. The van der Waals surface area contributed by atoms with Gasteiger partial charge >= 0.3 is 0 Å². The predicted molar refractivity (Wildman–Crippen MR) is 50.6 cm³/mol. The highest BCUT2D eigenvalue weighted by Gasteiger charge is 2.18. The maximum Gasteiger partial charge on any atom is 0.0462 e. The first-order valence-electron chi connectivity index (χ1n) is 4.95. The summed E-state index contributed by atoms with van der Waals surface area (Å²) in [6.07, 6.45) is 5.59. The van der Waals surface area contributed by atoms with Gasteiger partial charge in [0.1, 0.15) is 0 Å². The van der Waals surface area contributed by atoms with Crippen molar-refractivity contribution >= 4 is 0 Å². The molecule has 0 saturated carbocycles. The topological polar surface area (TPSA) is 20.2 Å². The van der Waals surface area contributed by atoms with Crippen molar-refractivity contribution in [2.75, 3.05) is 6.61 Å². The monoisotopic (exact) mass is 166 g/mol. The minimum absolute atomic E-state index is 0.336. The second-order valence-electron chi connectivity index (χ2n) is 3.56. The van der Waals surface area contributed by atoms with Crippen LogP contribution >= 0.6 is 0 Å². The summed E-state index contributed by atoms with van der Waals surface area (Å²) in [5, 5.41) is 9.12. The molecule has 12 heavy (non-hydrogen) atoms. The van der Waals surface area contributed by atoms with Crippen LogP contribution in [-0.2, 0) is 0 Å². The third kappa shape index (κ3) is 2.53. The average Bonchev–Trinajstić information content (AvgIpc) is 2.35. The van der Waals surface area contributed by atoms with E-state index in [1.54, 1.807) is 0 Å². The first-order chi connectivity index (χ1) is 5.88. The number of aliphatic hydroxyl groups is 1. The van der Waals surface area contributed by atoms with Gasteiger partial charge in [-0.2, -0.15) is 0 Å². The Labute approximate surface area is 75.2 Å². The summed E-state index contributed by atoms with van der Waals surface area (Å²) < 4.78 is 0. The molecule has 0 aliphatic heterocycles. The van der Waals surface area contributed by atoms with E-state index in [4.69, 9.17) is 5.11 Å². The summed E-state index contributed by atoms with van der Waals surface area (Å²) in [5.74, 6) is 7.47. The van der Waals surface area contributed by atoms with Crippen molar-refractivity contribution in [3.8, 4) is 11.8 Å². The minimum Gasteiger partial charge on any atom is -0.396 e. The Morgan fingerprint density at radius 2 is 2.33 bits per heavy atom. The van der Waals surface area contributed by atoms with Crippen molar-refractivity contribution in [1.82, 2.24) is 0 Å². The van der Waals surface area contributed by atoms with Gasteiger partial charge in [-0.1, -0.05) is 13.3 Å². The van der Waals surface area contributed by atoms with E-state index in [1.807, 2.05) is 0 Å². The molecule has 1 aliphatic carbocycles. The van der Waals surface area contributed by atoms with Crippen LogP contribution in [0.25, 0.3) is 0 Å². The first kappa shape index (κ1) is 9.61. The van der Waals surface area contributed by atoms with Gasteiger partial charge in [0.05, 0.1) is 0 Å². The Balaban J connectivity index is 2.44. The van der Waals surface area contributed by atoms with Crippen molar-refractivity contribution in [2.45, 2.75) is 39.0 Å². The minimum atomic E-state index is 0.336. The zero-order valence-electron chi connectivity index (χ0n) is 7.84. The summed E-state index contributed by atoms with van der Waals surface area (Å²) in [4.78, 5) is 0. The molecule has 0 saturated heterocycles. The maximum absolute atomic E-state index is 9.12. The summed E-state index contributed by atoms with van der Waals surface area (Å²) >= 11 is 0. The lowest BCUT2D eigenvalue weighted by Gasteiger charge is -2.21. The standard InChI is InChI=1S/C11H18O/c1-2-10(9-12)11-7-5-3-4-6-8-11/h10-12H,2-3,5,7-9H2,1H3. The van der Waals surface area contributed by atoms with Gasteiger partial charge < -0.3 is 5.11 Å². The van der Waals surface area contributed by atoms with Gasteiger partial charge in [0.2, 0.25) is 0 Å². The molecular weight excluding hydrogens is 148 g/mol. The average molecular weight is 166 g/mol. The largest absolute Gasteiger partial charge is 0.396 e. The number of aliphatic hydroxyl groups excluding tert-OH is 1. The lowest BCUT2D eigenvalue weighted by atomic mass is 9.85. The third-order valence-electron chi connectivity index (χ3n) is 2.79. The highest BCUT2D eigenvalue weighted by atomic mass is 16.3. The molecular formula is C11H18O. The predicted octanol–water partition coefficient (Wildman–Crippen LogP) is 2.20. The molecule has 68 valence electrons. The van der Waals surface area contributed by atoms with Gasteiger partial charge in [-0.05, 0) is 24.7 Å². The van der Waals surface area contributed by atoms with Crippen LogP contribution in [-0.4, -0.2) is 11.7 Å². The lowest BCUT2D eigenvalue weighted by molar-refractivity contribution is 0.166. The zero-order chi connectivity index (χ0) is 8.81. The van der Waals surface area contributed by atoms with Gasteiger partial charge in [-0.15, -0.1) is 11.8 Å². The highest BCUT2D eigenvalue weighted by molar-refractivity contribution is 5.02. The van der Waals surface area contributed by atoms with E-state index in [2.05, 4.69) is 18.8 Å². The normalized spacial score (nSPS) is 25.3. The zero-order valence-corrected chi connectivity index (χ0v) is 7.84. The SMILES string of the molecule is CCC(CO)C1CC#CCCC1. The third-order valence-corrected chi connectivity index (χ3v) is 2.79. The molecule has 0 aromatic heterocycles. The van der Waals surface area contributed by atoms with E-state index in [1.165, 1.54) is 12.8 Å². The number of rotatable bonds is 3. The van der Waals surface area contributed by atoms with Crippen LogP contribution in [0.1, 0.15) is 39.0 Å². The van der Waals surface area contributed by atoms with Crippen LogP contribution in [0.2, 0.25) is 0 Å². The van der Waals surface area contributed by atoms with Crippen molar-refractivity contribution in [3.63, 3.8) is 0 Å². The van der Waals surface area contributed by atoms with Crippen LogP contribution in [0.4, 0.5) is 0 Å². The highest BCUT2D eigenvalue weighted by Crippen LogP contribution is 2.25. The Kier molecular flexibility index (Phi) is 4.18. The Bertz CT molecular complexity index is 171. The molecule has 1 aliphatic rings. The Hall–Kier alpha value is -0.480. The summed E-state index contributed by atoms with van der Waals surface area (Å²) in [5.41, 5.74) is 0. The van der Waals surface area contributed by atoms with Gasteiger partial charge in [0, 0.05) is 19.4 Å². The molecule has 2 unspecified atom stereocenters. The fourth-order valence-corrected chi connectivity index (χ4v) is 1.86. The molecule has 0 heterocycles. The van der Waals surface area contributed by atoms with Crippen molar-refractivity contribution in [2.24, 2.45) is 11.8 Å². The molecule has 2 atom stereocenters. The molecule has 0 spiro atoms. The van der Waals surface area contributed by atoms with Crippen LogP contribution < -0.4 is 0 Å². The van der Waals surface area contributed by atoms with E-state index in [9.17, 15) is 0 Å². The van der Waals surface area contributed by atoms with Crippen molar-refractivity contribution in [1.29, 1.82) is 0 Å². The Morgan fingerprint density at radius 1 is 1.50 bits per heavy atom. The van der Waals surface area contributed by atoms with Gasteiger partial charge in [0.25, 0.3) is 0 Å². The molecule has 1 nitrogen and oxygen atoms in total. The molecule has 0 bridgehead atoms. The summed E-state index contributed by atoms with van der Waals surface area (Å²) in [6, 6.07) is 0. The molecule has 0 aromatic carbocycles. The molecule has 0 radical (unpaired) electrons.